The molecule has 2 heterocycles. The number of halogens is 2. The van der Waals surface area contributed by atoms with Gasteiger partial charge in [-0.1, -0.05) is 41.9 Å². The monoisotopic (exact) mass is 403 g/mol. The molecule has 0 bridgehead atoms. The van der Waals surface area contributed by atoms with Gasteiger partial charge in [-0.3, -0.25) is 5.41 Å². The van der Waals surface area contributed by atoms with Crippen molar-refractivity contribution in [2.75, 3.05) is 0 Å². The van der Waals surface area contributed by atoms with E-state index in [0.29, 0.717) is 22.9 Å². The van der Waals surface area contributed by atoms with Crippen molar-refractivity contribution in [1.82, 2.24) is 9.13 Å². The highest BCUT2D eigenvalue weighted by Crippen LogP contribution is 2.21. The summed E-state index contributed by atoms with van der Waals surface area (Å²) in [5, 5.41) is 19.8. The number of aliphatic hydroxyl groups is 1. The summed E-state index contributed by atoms with van der Waals surface area (Å²) in [6.07, 6.45) is 0.713. The Morgan fingerprint density at radius 2 is 1.63 bits per heavy atom. The number of aliphatic hydroxyl groups excluding tert-OH is 1. The van der Waals surface area contributed by atoms with Crippen molar-refractivity contribution >= 4 is 35.0 Å². The van der Waals surface area contributed by atoms with Crippen molar-refractivity contribution in [3.63, 3.8) is 0 Å². The predicted molar refractivity (Wildman–Crippen MR) is 107 cm³/mol. The highest BCUT2D eigenvalue weighted by Gasteiger charge is 2.17. The van der Waals surface area contributed by atoms with Gasteiger partial charge in [0.25, 0.3) is 0 Å². The highest BCUT2D eigenvalue weighted by atomic mass is 35.5. The molecule has 0 radical (unpaired) electrons. The van der Waals surface area contributed by atoms with Crippen molar-refractivity contribution in [1.29, 1.82) is 5.41 Å². The number of aromatic nitrogens is 2. The first-order valence-corrected chi connectivity index (χ1v) is 8.70. The van der Waals surface area contributed by atoms with Crippen LogP contribution in [-0.2, 0) is 13.1 Å². The Morgan fingerprint density at radius 1 is 0.963 bits per heavy atom. The van der Waals surface area contributed by atoms with E-state index in [9.17, 15) is 5.11 Å². The number of furan rings is 1. The molecule has 0 aliphatic carbocycles. The summed E-state index contributed by atoms with van der Waals surface area (Å²) >= 11 is 6.30. The van der Waals surface area contributed by atoms with Crippen molar-refractivity contribution in [2.45, 2.75) is 19.2 Å². The van der Waals surface area contributed by atoms with Gasteiger partial charge in [0.15, 0.2) is 0 Å². The summed E-state index contributed by atoms with van der Waals surface area (Å²) in [5.74, 6) is 0.486. The quantitative estimate of drug-likeness (QED) is 0.519. The first kappa shape index (κ1) is 19.3. The van der Waals surface area contributed by atoms with Gasteiger partial charge in [0, 0.05) is 5.02 Å². The van der Waals surface area contributed by atoms with Crippen molar-refractivity contribution in [3.05, 3.63) is 88.9 Å². The van der Waals surface area contributed by atoms with Crippen molar-refractivity contribution in [2.24, 2.45) is 0 Å². The molecule has 0 saturated carbocycles. The second-order valence-corrected chi connectivity index (χ2v) is 6.54. The Morgan fingerprint density at radius 3 is 2.30 bits per heavy atom. The normalized spacial score (nSPS) is 12.1. The van der Waals surface area contributed by atoms with E-state index in [4.69, 9.17) is 21.4 Å². The number of hydrogen-bond acceptors (Lipinski definition) is 3. The molecule has 0 amide bonds. The van der Waals surface area contributed by atoms with Crippen LogP contribution in [0.2, 0.25) is 5.02 Å². The van der Waals surface area contributed by atoms with Crippen LogP contribution in [0.4, 0.5) is 0 Å². The Hall–Kier alpha value is -2.47. The Bertz CT molecular complexity index is 1100. The van der Waals surface area contributed by atoms with E-state index in [1.807, 2.05) is 53.1 Å². The molecule has 0 fully saturated rings. The maximum absolute atomic E-state index is 10.5. The smallest absolute Gasteiger partial charge is 0.203 e. The number of benzene rings is 2. The maximum atomic E-state index is 10.5. The van der Waals surface area contributed by atoms with Gasteiger partial charge in [-0.2, -0.15) is 0 Å². The molecule has 4 aromatic rings. The van der Waals surface area contributed by atoms with Gasteiger partial charge in [-0.05, 0) is 35.9 Å². The first-order chi connectivity index (χ1) is 12.6. The van der Waals surface area contributed by atoms with Crippen LogP contribution in [0.25, 0.3) is 11.0 Å². The van der Waals surface area contributed by atoms with Crippen molar-refractivity contribution in [3.8, 4) is 0 Å². The minimum absolute atomic E-state index is 0. The molecule has 2 aromatic heterocycles. The molecule has 140 valence electrons. The van der Waals surface area contributed by atoms with E-state index in [0.717, 1.165) is 16.6 Å². The lowest BCUT2D eigenvalue weighted by molar-refractivity contribution is 0.130. The summed E-state index contributed by atoms with van der Waals surface area (Å²) in [6, 6.07) is 18.9. The molecular weight excluding hydrogens is 385 g/mol. The van der Waals surface area contributed by atoms with Crippen LogP contribution in [0.15, 0.2) is 71.3 Å². The van der Waals surface area contributed by atoms with Gasteiger partial charge in [-0.15, -0.1) is 12.4 Å². The molecule has 0 spiro atoms. The van der Waals surface area contributed by atoms with Crippen LogP contribution < -0.4 is 5.62 Å². The molecular formula is C20H19Cl2N3O2. The van der Waals surface area contributed by atoms with Gasteiger partial charge in [-0.25, -0.2) is 0 Å². The van der Waals surface area contributed by atoms with Crippen LogP contribution in [0.5, 0.6) is 0 Å². The average molecular weight is 404 g/mol. The van der Waals surface area contributed by atoms with E-state index >= 15 is 0 Å². The lowest BCUT2D eigenvalue weighted by Gasteiger charge is -2.10. The van der Waals surface area contributed by atoms with Crippen LogP contribution in [0.3, 0.4) is 0 Å². The molecule has 2 aromatic carbocycles. The Kier molecular flexibility index (Phi) is 5.75. The highest BCUT2D eigenvalue weighted by molar-refractivity contribution is 6.31. The van der Waals surface area contributed by atoms with E-state index in [2.05, 4.69) is 0 Å². The second-order valence-electron chi connectivity index (χ2n) is 6.13. The Labute approximate surface area is 167 Å². The fourth-order valence-electron chi connectivity index (χ4n) is 3.18. The SMILES string of the molecule is Cl.N=c1n(Cc2ccccc2Cl)c2ccccc2n1CC(O)c1ccco1. The fourth-order valence-corrected chi connectivity index (χ4v) is 3.38. The topological polar surface area (TPSA) is 67.1 Å². The summed E-state index contributed by atoms with van der Waals surface area (Å²) in [7, 11) is 0. The zero-order chi connectivity index (χ0) is 18.1. The van der Waals surface area contributed by atoms with Gasteiger partial charge in [0.2, 0.25) is 5.62 Å². The third kappa shape index (κ3) is 3.67. The zero-order valence-corrected chi connectivity index (χ0v) is 16.0. The molecule has 0 saturated heterocycles. The molecule has 1 unspecified atom stereocenters. The minimum atomic E-state index is -0.821. The fraction of sp³-hybridized carbons (Fsp3) is 0.150. The number of fused-ring (bicyclic) bond motifs is 1. The number of nitrogens with one attached hydrogen (secondary N) is 1. The molecule has 27 heavy (non-hydrogen) atoms. The average Bonchev–Trinajstić information content (AvgIpc) is 3.27. The van der Waals surface area contributed by atoms with Crippen LogP contribution >= 0.6 is 24.0 Å². The lowest BCUT2D eigenvalue weighted by atomic mass is 10.2. The minimum Gasteiger partial charge on any atom is -0.467 e. The van der Waals surface area contributed by atoms with Gasteiger partial charge < -0.3 is 18.7 Å². The van der Waals surface area contributed by atoms with Gasteiger partial charge in [0.1, 0.15) is 11.9 Å². The number of rotatable bonds is 5. The molecule has 0 aliphatic rings. The molecule has 1 atom stereocenters. The second kappa shape index (κ2) is 8.05. The molecule has 4 rings (SSSR count). The van der Waals surface area contributed by atoms with Crippen LogP contribution in [-0.4, -0.2) is 14.2 Å². The number of hydrogen-bond donors (Lipinski definition) is 2. The third-order valence-corrected chi connectivity index (χ3v) is 4.86. The summed E-state index contributed by atoms with van der Waals surface area (Å²) < 4.78 is 8.97. The summed E-state index contributed by atoms with van der Waals surface area (Å²) in [6.45, 7) is 0.727. The van der Waals surface area contributed by atoms with Crippen molar-refractivity contribution < 1.29 is 9.52 Å². The van der Waals surface area contributed by atoms with Crippen LogP contribution in [0, 0.1) is 5.41 Å². The standard InChI is InChI=1S/C20H18ClN3O2.ClH/c21-15-7-2-1-6-14(15)12-23-16-8-3-4-9-17(16)24(20(23)22)13-18(25)19-10-5-11-26-19;/h1-11,18,22,25H,12-13H2;1H. The molecule has 7 heteroatoms. The lowest BCUT2D eigenvalue weighted by Crippen LogP contribution is -2.27. The van der Waals surface area contributed by atoms with Gasteiger partial charge in [0.05, 0.1) is 30.4 Å². The van der Waals surface area contributed by atoms with E-state index < -0.39 is 6.10 Å². The molecule has 2 N–H and O–H groups in total. The van der Waals surface area contributed by atoms with E-state index in [1.54, 1.807) is 16.7 Å². The molecule has 5 nitrogen and oxygen atoms in total. The number of nitrogens with zero attached hydrogens (tertiary/aromatic N) is 2. The largest absolute Gasteiger partial charge is 0.467 e. The van der Waals surface area contributed by atoms with E-state index in [-0.39, 0.29) is 19.0 Å². The predicted octanol–water partition coefficient (Wildman–Crippen LogP) is 4.37. The van der Waals surface area contributed by atoms with Crippen LogP contribution in [0.1, 0.15) is 17.4 Å². The van der Waals surface area contributed by atoms with E-state index in [1.165, 1.54) is 6.26 Å². The number of para-hydroxylation sites is 2. The maximum Gasteiger partial charge on any atom is 0.203 e. The summed E-state index contributed by atoms with van der Waals surface area (Å²) in [4.78, 5) is 0. The Balaban J connectivity index is 0.00000210. The third-order valence-electron chi connectivity index (χ3n) is 4.49. The van der Waals surface area contributed by atoms with Gasteiger partial charge >= 0.3 is 0 Å². The number of imidazole rings is 1. The summed E-state index contributed by atoms with van der Waals surface area (Å²) in [5.41, 5.74) is 3.05. The zero-order valence-electron chi connectivity index (χ0n) is 14.4. The first-order valence-electron chi connectivity index (χ1n) is 8.32. The molecule has 0 aliphatic heterocycles.